The fourth-order valence-corrected chi connectivity index (χ4v) is 8.66. The van der Waals surface area contributed by atoms with Gasteiger partial charge in [0.1, 0.15) is 28.7 Å². The number of halogens is 2. The van der Waals surface area contributed by atoms with Crippen LogP contribution in [0.2, 0.25) is 0 Å². The van der Waals surface area contributed by atoms with E-state index in [1.807, 2.05) is 19.1 Å². The first-order chi connectivity index (χ1) is 24.5. The van der Waals surface area contributed by atoms with E-state index in [1.165, 1.54) is 32.0 Å². The molecule has 1 unspecified atom stereocenters. The van der Waals surface area contributed by atoms with Crippen LogP contribution in [-0.2, 0) is 12.8 Å². The average Bonchev–Trinajstić information content (AvgIpc) is 3.47. The first-order valence-electron chi connectivity index (χ1n) is 18.8. The minimum Gasteiger partial charge on any atom is -0.370 e. The average molecular weight is 692 g/mol. The number of hydrogen-bond acceptors (Lipinski definition) is 7. The lowest BCUT2D eigenvalue weighted by Gasteiger charge is -2.64. The number of rotatable bonds is 7. The third-order valence-electron chi connectivity index (χ3n) is 11.2. The number of terminal acetylenes is 1. The largest absolute Gasteiger partial charge is 0.370 e. The van der Waals surface area contributed by atoms with E-state index in [1.54, 1.807) is 6.07 Å². The molecule has 9 heteroatoms. The highest BCUT2D eigenvalue weighted by Gasteiger charge is 2.57. The minimum absolute atomic E-state index is 0.118. The van der Waals surface area contributed by atoms with E-state index < -0.39 is 11.6 Å². The number of likely N-dealkylation sites (tertiary alicyclic amines) is 2. The van der Waals surface area contributed by atoms with Crippen LogP contribution in [0.3, 0.4) is 0 Å². The third kappa shape index (κ3) is 6.41. The van der Waals surface area contributed by atoms with E-state index >= 15 is 4.39 Å². The topological polar surface area (TPSA) is 60.4 Å². The summed E-state index contributed by atoms with van der Waals surface area (Å²) in [6.45, 7) is 17.9. The number of nitrogens with zero attached hydrogens (tertiary/aromatic N) is 6. The zero-order valence-corrected chi connectivity index (χ0v) is 30.9. The fraction of sp³-hybridized carbons (Fsp3) is 0.500. The molecule has 4 aromatic rings. The Hall–Kier alpha value is -4.29. The predicted octanol–water partition coefficient (Wildman–Crippen LogP) is 7.76. The van der Waals surface area contributed by atoms with Crippen molar-refractivity contribution in [1.82, 2.24) is 30.1 Å². The molecule has 5 heterocycles. The summed E-state index contributed by atoms with van der Waals surface area (Å²) in [7, 11) is 2.17. The van der Waals surface area contributed by atoms with Gasteiger partial charge in [-0.3, -0.25) is 0 Å². The molecule has 0 radical (unpaired) electrons. The van der Waals surface area contributed by atoms with Gasteiger partial charge in [-0.25, -0.2) is 23.7 Å². The Labute approximate surface area is 301 Å². The molecule has 51 heavy (non-hydrogen) atoms. The van der Waals surface area contributed by atoms with Gasteiger partial charge in [-0.1, -0.05) is 31.6 Å². The van der Waals surface area contributed by atoms with Crippen molar-refractivity contribution in [3.05, 3.63) is 70.9 Å². The molecular formula is C42H51F2N7. The predicted molar refractivity (Wildman–Crippen MR) is 204 cm³/mol. The van der Waals surface area contributed by atoms with Crippen molar-refractivity contribution in [3.63, 3.8) is 0 Å². The van der Waals surface area contributed by atoms with Crippen LogP contribution in [0, 0.1) is 36.3 Å². The van der Waals surface area contributed by atoms with Crippen molar-refractivity contribution in [3.8, 4) is 23.6 Å². The molecule has 3 aliphatic heterocycles. The standard InChI is InChI=1S/C37H40F2N6.C5H11N/c1-7-10-30-42-35-32-28(41-34(33(35)39)26-18-22(5)17-24-12-13-27(38)25(8-2)31(24)26)11-9-16-45(36(32)43-30)29-14-15-37(29)19-44(20-37)23(6)40-21(3)4;1-6-4-2-3-5-6/h2,12-13,17-18,21,29,40H,6-7,9-11,14-16,19-20H2,1,3-5H3;2-5H2,1H3. The summed E-state index contributed by atoms with van der Waals surface area (Å²) in [6.07, 6.45) is 13.9. The molecule has 268 valence electrons. The molecule has 1 aliphatic carbocycles. The Morgan fingerprint density at radius 1 is 1.08 bits per heavy atom. The molecule has 1 N–H and O–H groups in total. The number of nitrogens with one attached hydrogen (secondary N) is 1. The molecule has 0 amide bonds. The van der Waals surface area contributed by atoms with Crippen LogP contribution in [0.4, 0.5) is 14.6 Å². The minimum atomic E-state index is -0.509. The van der Waals surface area contributed by atoms with E-state index in [0.717, 1.165) is 73.6 Å². The molecular weight excluding hydrogens is 641 g/mol. The summed E-state index contributed by atoms with van der Waals surface area (Å²) in [5.41, 5.74) is 2.93. The van der Waals surface area contributed by atoms with E-state index in [9.17, 15) is 4.39 Å². The first kappa shape index (κ1) is 35.1. The summed E-state index contributed by atoms with van der Waals surface area (Å²) in [6, 6.07) is 7.50. The summed E-state index contributed by atoms with van der Waals surface area (Å²) in [5, 5.41) is 5.41. The SMILES string of the molecule is C#Cc1c(F)ccc2cc(C)cc(-c3nc4c5c(nc(CCC)nc5c3F)N(C3CCC35CN(C(=C)NC(C)C)C5)CCC4)c12.CN1CCCC1. The third-order valence-corrected chi connectivity index (χ3v) is 11.2. The van der Waals surface area contributed by atoms with E-state index in [0.29, 0.717) is 52.6 Å². The number of hydrogen-bond donors (Lipinski definition) is 1. The number of fused-ring (bicyclic) bond motifs is 1. The second-order valence-electron chi connectivity index (χ2n) is 15.5. The van der Waals surface area contributed by atoms with Crippen LogP contribution in [0.15, 0.2) is 36.7 Å². The number of anilines is 1. The van der Waals surface area contributed by atoms with Crippen molar-refractivity contribution in [2.45, 2.75) is 91.1 Å². The molecule has 1 spiro atoms. The van der Waals surface area contributed by atoms with Crippen LogP contribution >= 0.6 is 0 Å². The van der Waals surface area contributed by atoms with Crippen LogP contribution in [0.1, 0.15) is 81.9 Å². The van der Waals surface area contributed by atoms with E-state index in [2.05, 4.69) is 60.3 Å². The lowest BCUT2D eigenvalue weighted by molar-refractivity contribution is -0.0651. The number of pyridine rings is 1. The number of benzene rings is 2. The van der Waals surface area contributed by atoms with Crippen molar-refractivity contribution in [2.75, 3.05) is 44.7 Å². The molecule has 0 bridgehead atoms. The fourth-order valence-electron chi connectivity index (χ4n) is 8.66. The maximum atomic E-state index is 17.0. The Kier molecular flexibility index (Phi) is 9.66. The van der Waals surface area contributed by atoms with Gasteiger partial charge in [0.25, 0.3) is 0 Å². The monoisotopic (exact) mass is 691 g/mol. The van der Waals surface area contributed by atoms with E-state index in [4.69, 9.17) is 21.4 Å². The summed E-state index contributed by atoms with van der Waals surface area (Å²) in [4.78, 5) is 22.1. The highest BCUT2D eigenvalue weighted by molar-refractivity contribution is 6.03. The second-order valence-corrected chi connectivity index (χ2v) is 15.5. The molecule has 1 saturated carbocycles. The number of aromatic nitrogens is 3. The Morgan fingerprint density at radius 3 is 2.47 bits per heavy atom. The van der Waals surface area contributed by atoms with Gasteiger partial charge < -0.3 is 20.0 Å². The molecule has 2 saturated heterocycles. The van der Waals surface area contributed by atoms with Gasteiger partial charge >= 0.3 is 0 Å². The molecule has 2 aromatic heterocycles. The highest BCUT2D eigenvalue weighted by atomic mass is 19.1. The van der Waals surface area contributed by atoms with Gasteiger partial charge in [-0.05, 0) is 109 Å². The van der Waals surface area contributed by atoms with Gasteiger partial charge in [0.2, 0.25) is 0 Å². The molecule has 7 nitrogen and oxygen atoms in total. The van der Waals surface area contributed by atoms with Crippen molar-refractivity contribution < 1.29 is 8.78 Å². The molecule has 8 rings (SSSR count). The molecule has 1 atom stereocenters. The molecule has 3 fully saturated rings. The lowest BCUT2D eigenvalue weighted by Crippen LogP contribution is -2.71. The Balaban J connectivity index is 0.000000615. The quantitative estimate of drug-likeness (QED) is 0.199. The summed E-state index contributed by atoms with van der Waals surface area (Å²) < 4.78 is 31.9. The zero-order valence-electron chi connectivity index (χ0n) is 30.9. The van der Waals surface area contributed by atoms with Crippen molar-refractivity contribution in [2.24, 2.45) is 5.41 Å². The van der Waals surface area contributed by atoms with Crippen molar-refractivity contribution >= 4 is 27.5 Å². The van der Waals surface area contributed by atoms with Gasteiger partial charge in [-0.15, -0.1) is 6.42 Å². The van der Waals surface area contributed by atoms with Crippen molar-refractivity contribution in [1.29, 1.82) is 0 Å². The normalized spacial score (nSPS) is 19.4. The van der Waals surface area contributed by atoms with Gasteiger partial charge in [0.05, 0.1) is 22.5 Å². The zero-order chi connectivity index (χ0) is 36.0. The molecule has 2 aromatic carbocycles. The summed E-state index contributed by atoms with van der Waals surface area (Å²) >= 11 is 0. The lowest BCUT2D eigenvalue weighted by atomic mass is 9.59. The Bertz CT molecular complexity index is 2020. The van der Waals surface area contributed by atoms with Crippen LogP contribution in [0.5, 0.6) is 0 Å². The van der Waals surface area contributed by atoms with E-state index in [-0.39, 0.29) is 16.7 Å². The van der Waals surface area contributed by atoms with Crippen LogP contribution in [0.25, 0.3) is 32.9 Å². The van der Waals surface area contributed by atoms with Gasteiger partial charge in [0.15, 0.2) is 5.82 Å². The maximum Gasteiger partial charge on any atom is 0.175 e. The van der Waals surface area contributed by atoms with Gasteiger partial charge in [-0.2, -0.15) is 0 Å². The van der Waals surface area contributed by atoms with Gasteiger partial charge in [0, 0.05) is 54.5 Å². The van der Waals surface area contributed by atoms with Crippen LogP contribution < -0.4 is 10.2 Å². The first-order valence-corrected chi connectivity index (χ1v) is 18.8. The van der Waals surface area contributed by atoms with Crippen LogP contribution in [-0.4, -0.2) is 76.6 Å². The number of aryl methyl sites for hydroxylation is 3. The second kappa shape index (κ2) is 14.0. The summed E-state index contributed by atoms with van der Waals surface area (Å²) in [5.74, 6) is 3.91. The highest BCUT2D eigenvalue weighted by Crippen LogP contribution is 2.53. The maximum absolute atomic E-state index is 17.0. The Morgan fingerprint density at radius 2 is 1.84 bits per heavy atom. The molecule has 4 aliphatic rings. The smallest absolute Gasteiger partial charge is 0.175 e.